The van der Waals surface area contributed by atoms with Gasteiger partial charge in [-0.1, -0.05) is 11.6 Å². The van der Waals surface area contributed by atoms with Gasteiger partial charge in [0.2, 0.25) is 0 Å². The van der Waals surface area contributed by atoms with Crippen molar-refractivity contribution in [1.29, 1.82) is 0 Å². The predicted octanol–water partition coefficient (Wildman–Crippen LogP) is 1.99. The Hall–Kier alpha value is -1.13. The Labute approximate surface area is 113 Å². The van der Waals surface area contributed by atoms with Gasteiger partial charge in [0, 0.05) is 25.7 Å². The third-order valence-electron chi connectivity index (χ3n) is 3.01. The van der Waals surface area contributed by atoms with Crippen molar-refractivity contribution in [1.82, 2.24) is 10.2 Å². The maximum Gasteiger partial charge on any atom is 0.256 e. The monoisotopic (exact) mass is 272 g/mol. The molecule has 1 aliphatic rings. The predicted molar refractivity (Wildman–Crippen MR) is 71.8 cm³/mol. The minimum absolute atomic E-state index is 0. The van der Waals surface area contributed by atoms with E-state index in [2.05, 4.69) is 5.32 Å². The van der Waals surface area contributed by atoms with Crippen molar-refractivity contribution in [2.24, 2.45) is 0 Å². The van der Waals surface area contributed by atoms with Crippen LogP contribution in [0.2, 0.25) is 0 Å². The second-order valence-electron chi connectivity index (χ2n) is 4.59. The standard InChI is InChI=1S/C13H17FN2O.ClH/c1-9-3-4-12(14)11(7-9)13(17)16-6-5-15-10(2)8-16;/h3-4,7,10,15H,5-6,8H2,1-2H3;1H/t10-;/m0./s1. The van der Waals surface area contributed by atoms with Crippen molar-refractivity contribution >= 4 is 18.3 Å². The van der Waals surface area contributed by atoms with Crippen LogP contribution in [-0.4, -0.2) is 36.5 Å². The van der Waals surface area contributed by atoms with Gasteiger partial charge in [-0.3, -0.25) is 4.79 Å². The van der Waals surface area contributed by atoms with E-state index in [1.807, 2.05) is 13.8 Å². The summed E-state index contributed by atoms with van der Waals surface area (Å²) >= 11 is 0. The number of carbonyl (C=O) groups excluding carboxylic acids is 1. The molecule has 1 heterocycles. The van der Waals surface area contributed by atoms with E-state index < -0.39 is 5.82 Å². The molecule has 0 radical (unpaired) electrons. The molecule has 5 heteroatoms. The molecule has 0 saturated carbocycles. The maximum absolute atomic E-state index is 13.6. The lowest BCUT2D eigenvalue weighted by atomic mass is 10.1. The molecule has 0 bridgehead atoms. The fourth-order valence-corrected chi connectivity index (χ4v) is 2.09. The van der Waals surface area contributed by atoms with Gasteiger partial charge in [-0.2, -0.15) is 0 Å². The molecular formula is C13H18ClFN2O. The molecule has 100 valence electrons. The Balaban J connectivity index is 0.00000162. The summed E-state index contributed by atoms with van der Waals surface area (Å²) in [4.78, 5) is 13.9. The second-order valence-corrected chi connectivity index (χ2v) is 4.59. The largest absolute Gasteiger partial charge is 0.336 e. The molecule has 0 spiro atoms. The molecule has 3 nitrogen and oxygen atoms in total. The molecule has 1 atom stereocenters. The summed E-state index contributed by atoms with van der Waals surface area (Å²) in [6.07, 6.45) is 0. The molecule has 1 fully saturated rings. The van der Waals surface area contributed by atoms with Crippen LogP contribution < -0.4 is 5.32 Å². The lowest BCUT2D eigenvalue weighted by Crippen LogP contribution is -2.51. The number of halogens is 2. The minimum Gasteiger partial charge on any atom is -0.336 e. The van der Waals surface area contributed by atoms with Gasteiger partial charge in [-0.25, -0.2) is 4.39 Å². The Morgan fingerprint density at radius 2 is 2.22 bits per heavy atom. The van der Waals surface area contributed by atoms with Gasteiger partial charge in [0.1, 0.15) is 5.82 Å². The number of hydrogen-bond acceptors (Lipinski definition) is 2. The van der Waals surface area contributed by atoms with E-state index in [0.717, 1.165) is 12.1 Å². The number of aryl methyl sites for hydroxylation is 1. The molecule has 1 N–H and O–H groups in total. The summed E-state index contributed by atoms with van der Waals surface area (Å²) in [5.41, 5.74) is 1.08. The number of nitrogens with one attached hydrogen (secondary N) is 1. The first-order valence-corrected chi connectivity index (χ1v) is 5.87. The highest BCUT2D eigenvalue weighted by atomic mass is 35.5. The smallest absolute Gasteiger partial charge is 0.256 e. The van der Waals surface area contributed by atoms with Crippen LogP contribution in [0, 0.1) is 12.7 Å². The summed E-state index contributed by atoms with van der Waals surface area (Å²) < 4.78 is 13.6. The number of benzene rings is 1. The van der Waals surface area contributed by atoms with Crippen LogP contribution in [0.3, 0.4) is 0 Å². The van der Waals surface area contributed by atoms with Crippen molar-refractivity contribution in [3.8, 4) is 0 Å². The Bertz CT molecular complexity index is 439. The van der Waals surface area contributed by atoms with Crippen LogP contribution in [0.15, 0.2) is 18.2 Å². The summed E-state index contributed by atoms with van der Waals surface area (Å²) in [5, 5.41) is 3.26. The average molecular weight is 273 g/mol. The third-order valence-corrected chi connectivity index (χ3v) is 3.01. The Morgan fingerprint density at radius 3 is 2.89 bits per heavy atom. The van der Waals surface area contributed by atoms with Crippen molar-refractivity contribution in [2.75, 3.05) is 19.6 Å². The zero-order valence-corrected chi connectivity index (χ0v) is 11.4. The topological polar surface area (TPSA) is 32.3 Å². The summed E-state index contributed by atoms with van der Waals surface area (Å²) in [6.45, 7) is 5.91. The molecule has 1 saturated heterocycles. The molecule has 1 aromatic carbocycles. The maximum atomic E-state index is 13.6. The lowest BCUT2D eigenvalue weighted by Gasteiger charge is -2.32. The van der Waals surface area contributed by atoms with Crippen LogP contribution in [0.25, 0.3) is 0 Å². The first-order chi connectivity index (χ1) is 8.08. The molecule has 0 aliphatic carbocycles. The van der Waals surface area contributed by atoms with E-state index in [0.29, 0.717) is 13.1 Å². The Kier molecular flexibility index (Phi) is 5.11. The van der Waals surface area contributed by atoms with Gasteiger partial charge in [0.15, 0.2) is 0 Å². The van der Waals surface area contributed by atoms with Crippen LogP contribution in [-0.2, 0) is 0 Å². The van der Waals surface area contributed by atoms with Gasteiger partial charge in [-0.05, 0) is 26.0 Å². The molecule has 0 unspecified atom stereocenters. The van der Waals surface area contributed by atoms with E-state index in [4.69, 9.17) is 0 Å². The average Bonchev–Trinajstić information content (AvgIpc) is 2.31. The highest BCUT2D eigenvalue weighted by molar-refractivity contribution is 5.94. The SMILES string of the molecule is Cc1ccc(F)c(C(=O)N2CCN[C@@H](C)C2)c1.Cl. The van der Waals surface area contributed by atoms with Crippen LogP contribution in [0.1, 0.15) is 22.8 Å². The van der Waals surface area contributed by atoms with E-state index in [-0.39, 0.29) is 29.9 Å². The van der Waals surface area contributed by atoms with Crippen molar-refractivity contribution in [2.45, 2.75) is 19.9 Å². The zero-order valence-electron chi connectivity index (χ0n) is 10.6. The van der Waals surface area contributed by atoms with Crippen molar-refractivity contribution in [3.05, 3.63) is 35.1 Å². The quantitative estimate of drug-likeness (QED) is 0.848. The molecule has 2 rings (SSSR count). The molecule has 1 amide bonds. The molecular weight excluding hydrogens is 255 g/mol. The molecule has 0 aromatic heterocycles. The van der Waals surface area contributed by atoms with Crippen LogP contribution in [0.5, 0.6) is 0 Å². The molecule has 1 aromatic rings. The van der Waals surface area contributed by atoms with E-state index in [1.165, 1.54) is 6.07 Å². The van der Waals surface area contributed by atoms with Crippen molar-refractivity contribution < 1.29 is 9.18 Å². The summed E-state index contributed by atoms with van der Waals surface area (Å²) in [7, 11) is 0. The number of carbonyl (C=O) groups is 1. The summed E-state index contributed by atoms with van der Waals surface area (Å²) in [6, 6.07) is 4.91. The number of nitrogens with zero attached hydrogens (tertiary/aromatic N) is 1. The van der Waals surface area contributed by atoms with Gasteiger partial charge >= 0.3 is 0 Å². The van der Waals surface area contributed by atoms with Crippen LogP contribution in [0.4, 0.5) is 4.39 Å². The fourth-order valence-electron chi connectivity index (χ4n) is 2.09. The highest BCUT2D eigenvalue weighted by Gasteiger charge is 2.23. The number of piperazine rings is 1. The van der Waals surface area contributed by atoms with Crippen LogP contribution >= 0.6 is 12.4 Å². The number of amides is 1. The van der Waals surface area contributed by atoms with Gasteiger partial charge in [0.25, 0.3) is 5.91 Å². The van der Waals surface area contributed by atoms with E-state index >= 15 is 0 Å². The second kappa shape index (κ2) is 6.16. The van der Waals surface area contributed by atoms with E-state index in [1.54, 1.807) is 17.0 Å². The molecule has 1 aliphatic heterocycles. The number of hydrogen-bond donors (Lipinski definition) is 1. The normalized spacial score (nSPS) is 19.3. The first kappa shape index (κ1) is 14.9. The van der Waals surface area contributed by atoms with Gasteiger partial charge in [0.05, 0.1) is 5.56 Å². The Morgan fingerprint density at radius 1 is 1.50 bits per heavy atom. The van der Waals surface area contributed by atoms with Gasteiger partial charge < -0.3 is 10.2 Å². The third kappa shape index (κ3) is 3.21. The van der Waals surface area contributed by atoms with Crippen molar-refractivity contribution in [3.63, 3.8) is 0 Å². The van der Waals surface area contributed by atoms with E-state index in [9.17, 15) is 9.18 Å². The summed E-state index contributed by atoms with van der Waals surface area (Å²) in [5.74, 6) is -0.647. The fraction of sp³-hybridized carbons (Fsp3) is 0.462. The zero-order chi connectivity index (χ0) is 12.4. The minimum atomic E-state index is -0.438. The van der Waals surface area contributed by atoms with Gasteiger partial charge in [-0.15, -0.1) is 12.4 Å². The lowest BCUT2D eigenvalue weighted by molar-refractivity contribution is 0.0704. The number of rotatable bonds is 1. The first-order valence-electron chi connectivity index (χ1n) is 5.87. The highest BCUT2D eigenvalue weighted by Crippen LogP contribution is 2.14. The molecule has 18 heavy (non-hydrogen) atoms.